The van der Waals surface area contributed by atoms with Gasteiger partial charge in [0.1, 0.15) is 6.26 Å². The zero-order chi connectivity index (χ0) is 16.6. The van der Waals surface area contributed by atoms with Crippen molar-refractivity contribution in [2.75, 3.05) is 6.26 Å². The van der Waals surface area contributed by atoms with E-state index in [0.29, 0.717) is 16.9 Å². The van der Waals surface area contributed by atoms with E-state index in [-0.39, 0.29) is 4.90 Å². The monoisotopic (exact) mass is 393 g/mol. The molecule has 23 heavy (non-hydrogen) atoms. The zero-order valence-corrected chi connectivity index (χ0v) is 14.5. The Hall–Kier alpha value is -2.12. The molecule has 0 aliphatic carbocycles. The number of sulfone groups is 1. The van der Waals surface area contributed by atoms with Crippen LogP contribution in [0.25, 0.3) is 16.9 Å². The summed E-state index contributed by atoms with van der Waals surface area (Å²) in [7, 11) is -3.26. The maximum atomic E-state index is 12.0. The Balaban J connectivity index is 2.12. The van der Waals surface area contributed by atoms with Gasteiger partial charge in [0.2, 0.25) is 0 Å². The van der Waals surface area contributed by atoms with Crippen molar-refractivity contribution in [3.63, 3.8) is 0 Å². The number of benzene rings is 2. The van der Waals surface area contributed by atoms with Gasteiger partial charge in [0.25, 0.3) is 0 Å². The van der Waals surface area contributed by atoms with E-state index in [1.807, 2.05) is 12.1 Å². The van der Waals surface area contributed by atoms with E-state index < -0.39 is 15.6 Å². The molecule has 0 bridgehead atoms. The lowest BCUT2D eigenvalue weighted by atomic mass is 10.1. The minimum atomic E-state index is -3.26. The third kappa shape index (κ3) is 3.16. The van der Waals surface area contributed by atoms with Gasteiger partial charge in [0.05, 0.1) is 16.3 Å². The predicted molar refractivity (Wildman–Crippen MR) is 90.6 cm³/mol. The van der Waals surface area contributed by atoms with E-state index in [1.54, 1.807) is 24.3 Å². The smallest absolute Gasteiger partial charge is 0.415 e. The topological polar surface area (TPSA) is 69.3 Å². The highest BCUT2D eigenvalue weighted by molar-refractivity contribution is 9.10. The van der Waals surface area contributed by atoms with Crippen molar-refractivity contribution < 1.29 is 12.8 Å². The van der Waals surface area contributed by atoms with E-state index in [0.717, 1.165) is 10.7 Å². The largest absolute Gasteiger partial charge is 0.424 e. The first-order chi connectivity index (χ1) is 10.9. The lowest BCUT2D eigenvalue weighted by Crippen LogP contribution is -2.13. The van der Waals surface area contributed by atoms with Crippen molar-refractivity contribution in [1.29, 1.82) is 0 Å². The standard InChI is InChI=1S/C16H12BrNO4S/c1-23(20,21)14-8-2-11(3-9-14)15-10-22-16(19)18(15)13-6-4-12(17)5-7-13/h2-10H,1H3. The minimum Gasteiger partial charge on any atom is -0.415 e. The fraction of sp³-hybridized carbons (Fsp3) is 0.0625. The van der Waals surface area contributed by atoms with E-state index in [4.69, 9.17) is 4.42 Å². The van der Waals surface area contributed by atoms with Crippen molar-refractivity contribution in [1.82, 2.24) is 4.57 Å². The molecule has 1 aromatic heterocycles. The highest BCUT2D eigenvalue weighted by Gasteiger charge is 2.14. The Morgan fingerprint density at radius 3 is 2.17 bits per heavy atom. The normalized spacial score (nSPS) is 11.6. The van der Waals surface area contributed by atoms with Crippen molar-refractivity contribution in [2.45, 2.75) is 4.90 Å². The molecule has 2 aromatic carbocycles. The molecule has 0 fully saturated rings. The Bertz CT molecular complexity index is 999. The third-order valence-electron chi connectivity index (χ3n) is 3.36. The van der Waals surface area contributed by atoms with Gasteiger partial charge < -0.3 is 4.42 Å². The van der Waals surface area contributed by atoms with Crippen LogP contribution < -0.4 is 5.76 Å². The molecule has 3 aromatic rings. The Morgan fingerprint density at radius 1 is 1.00 bits per heavy atom. The van der Waals surface area contributed by atoms with Crippen LogP contribution in [-0.4, -0.2) is 19.2 Å². The maximum Gasteiger partial charge on any atom is 0.424 e. The summed E-state index contributed by atoms with van der Waals surface area (Å²) in [5.74, 6) is -0.505. The zero-order valence-electron chi connectivity index (χ0n) is 12.1. The van der Waals surface area contributed by atoms with Crippen molar-refractivity contribution in [3.8, 4) is 16.9 Å². The summed E-state index contributed by atoms with van der Waals surface area (Å²) in [5, 5.41) is 0. The molecule has 0 radical (unpaired) electrons. The summed E-state index contributed by atoms with van der Waals surface area (Å²) < 4.78 is 30.4. The molecule has 1 heterocycles. The maximum absolute atomic E-state index is 12.0. The number of halogens is 1. The van der Waals surface area contributed by atoms with E-state index in [2.05, 4.69) is 15.9 Å². The highest BCUT2D eigenvalue weighted by atomic mass is 79.9. The second-order valence-corrected chi connectivity index (χ2v) is 7.93. The van der Waals surface area contributed by atoms with E-state index in [1.165, 1.54) is 23.0 Å². The summed E-state index contributed by atoms with van der Waals surface area (Å²) in [6.45, 7) is 0. The van der Waals surface area contributed by atoms with Crippen molar-refractivity contribution in [3.05, 3.63) is 69.8 Å². The number of nitrogens with zero attached hydrogens (tertiary/aromatic N) is 1. The molecular weight excluding hydrogens is 382 g/mol. The van der Waals surface area contributed by atoms with Gasteiger partial charge in [-0.1, -0.05) is 28.1 Å². The lowest BCUT2D eigenvalue weighted by molar-refractivity contribution is 0.504. The molecule has 0 amide bonds. The third-order valence-corrected chi connectivity index (χ3v) is 5.02. The van der Waals surface area contributed by atoms with Crippen LogP contribution in [0.3, 0.4) is 0 Å². The van der Waals surface area contributed by atoms with Crippen LogP contribution >= 0.6 is 15.9 Å². The summed E-state index contributed by atoms with van der Waals surface area (Å²) >= 11 is 3.35. The number of hydrogen-bond acceptors (Lipinski definition) is 4. The van der Waals surface area contributed by atoms with Gasteiger partial charge in [0.15, 0.2) is 9.84 Å². The Labute approximate surface area is 141 Å². The van der Waals surface area contributed by atoms with Crippen LogP contribution in [0.15, 0.2) is 73.4 Å². The SMILES string of the molecule is CS(=O)(=O)c1ccc(-c2coc(=O)n2-c2ccc(Br)cc2)cc1. The first-order valence-electron chi connectivity index (χ1n) is 6.63. The summed E-state index contributed by atoms with van der Waals surface area (Å²) in [5.41, 5.74) is 1.90. The van der Waals surface area contributed by atoms with E-state index in [9.17, 15) is 13.2 Å². The van der Waals surface area contributed by atoms with Gasteiger partial charge in [-0.25, -0.2) is 17.8 Å². The number of oxazole rings is 1. The Kier molecular flexibility index (Phi) is 3.99. The summed E-state index contributed by atoms with van der Waals surface area (Å²) in [6, 6.07) is 13.5. The van der Waals surface area contributed by atoms with Gasteiger partial charge in [-0.3, -0.25) is 0 Å². The molecule has 0 saturated carbocycles. The van der Waals surface area contributed by atoms with Crippen molar-refractivity contribution >= 4 is 25.8 Å². The number of aromatic nitrogens is 1. The van der Waals surface area contributed by atoms with Crippen LogP contribution in [0.5, 0.6) is 0 Å². The van der Waals surface area contributed by atoms with Gasteiger partial charge in [-0.05, 0) is 36.4 Å². The first kappa shape index (κ1) is 15.8. The lowest BCUT2D eigenvalue weighted by Gasteiger charge is -2.07. The van der Waals surface area contributed by atoms with Gasteiger partial charge in [-0.2, -0.15) is 0 Å². The second kappa shape index (κ2) is 5.82. The summed E-state index contributed by atoms with van der Waals surface area (Å²) in [4.78, 5) is 12.2. The minimum absolute atomic E-state index is 0.224. The molecule has 0 unspecified atom stereocenters. The first-order valence-corrected chi connectivity index (χ1v) is 9.32. The molecule has 0 aliphatic rings. The van der Waals surface area contributed by atoms with E-state index >= 15 is 0 Å². The Morgan fingerprint density at radius 2 is 1.61 bits per heavy atom. The molecule has 0 aliphatic heterocycles. The summed E-state index contributed by atoms with van der Waals surface area (Å²) in [6.07, 6.45) is 2.51. The molecule has 0 atom stereocenters. The molecule has 5 nitrogen and oxygen atoms in total. The fourth-order valence-corrected chi connectivity index (χ4v) is 3.11. The van der Waals surface area contributed by atoms with Gasteiger partial charge in [-0.15, -0.1) is 0 Å². The molecule has 7 heteroatoms. The van der Waals surface area contributed by atoms with Crippen LogP contribution in [0.2, 0.25) is 0 Å². The van der Waals surface area contributed by atoms with Gasteiger partial charge >= 0.3 is 5.76 Å². The van der Waals surface area contributed by atoms with Crippen LogP contribution in [0.1, 0.15) is 0 Å². The van der Waals surface area contributed by atoms with Gasteiger partial charge in [0, 0.05) is 16.3 Å². The quantitative estimate of drug-likeness (QED) is 0.684. The molecule has 118 valence electrons. The van der Waals surface area contributed by atoms with Crippen LogP contribution in [0, 0.1) is 0 Å². The molecular formula is C16H12BrNO4S. The molecule has 0 spiro atoms. The average Bonchev–Trinajstić information content (AvgIpc) is 2.89. The fourth-order valence-electron chi connectivity index (χ4n) is 2.21. The number of rotatable bonds is 3. The predicted octanol–water partition coefficient (Wildman–Crippen LogP) is 3.26. The second-order valence-electron chi connectivity index (χ2n) is 5.00. The molecule has 0 saturated heterocycles. The van der Waals surface area contributed by atoms with Crippen LogP contribution in [0.4, 0.5) is 0 Å². The highest BCUT2D eigenvalue weighted by Crippen LogP contribution is 2.24. The molecule has 3 rings (SSSR count). The van der Waals surface area contributed by atoms with Crippen LogP contribution in [-0.2, 0) is 9.84 Å². The molecule has 0 N–H and O–H groups in total. The average molecular weight is 394 g/mol. The number of hydrogen-bond donors (Lipinski definition) is 0. The van der Waals surface area contributed by atoms with Crippen molar-refractivity contribution in [2.24, 2.45) is 0 Å².